The van der Waals surface area contributed by atoms with Gasteiger partial charge in [-0.3, -0.25) is 9.80 Å². The highest BCUT2D eigenvalue weighted by Gasteiger charge is 2.47. The van der Waals surface area contributed by atoms with Crippen molar-refractivity contribution in [2.45, 2.75) is 155 Å². The van der Waals surface area contributed by atoms with Gasteiger partial charge in [0.2, 0.25) is 17.8 Å². The van der Waals surface area contributed by atoms with Gasteiger partial charge in [0.15, 0.2) is 0 Å². The molecular weight excluding hydrogens is 564 g/mol. The van der Waals surface area contributed by atoms with Crippen molar-refractivity contribution in [1.82, 2.24) is 24.8 Å². The second-order valence-electron chi connectivity index (χ2n) is 16.3. The molecule has 0 unspecified atom stereocenters. The fourth-order valence-electron chi connectivity index (χ4n) is 7.92. The van der Waals surface area contributed by atoms with Gasteiger partial charge in [0.25, 0.3) is 0 Å². The minimum atomic E-state index is -0.0376. The van der Waals surface area contributed by atoms with E-state index in [0.29, 0.717) is 19.0 Å². The Bertz CT molecular complexity index is 963. The van der Waals surface area contributed by atoms with Crippen LogP contribution in [0.2, 0.25) is 0 Å². The number of likely N-dealkylation sites (tertiary alicyclic amines) is 2. The minimum absolute atomic E-state index is 0.0217. The monoisotopic (exact) mass is 633 g/mol. The largest absolute Gasteiger partial charge is 0.395 e. The van der Waals surface area contributed by atoms with Crippen molar-refractivity contribution in [3.63, 3.8) is 0 Å². The zero-order valence-electron chi connectivity index (χ0n) is 31.0. The van der Waals surface area contributed by atoms with Crippen molar-refractivity contribution < 1.29 is 10.2 Å². The van der Waals surface area contributed by atoms with E-state index in [-0.39, 0.29) is 47.5 Å². The number of piperidine rings is 2. The Balaban J connectivity index is 2.21. The van der Waals surface area contributed by atoms with Crippen molar-refractivity contribution in [3.8, 4) is 0 Å². The number of hydrogen-bond acceptors (Lipinski definition) is 10. The molecule has 2 aliphatic heterocycles. The van der Waals surface area contributed by atoms with Gasteiger partial charge < -0.3 is 24.9 Å². The lowest BCUT2D eigenvalue weighted by Gasteiger charge is -2.56. The fourth-order valence-corrected chi connectivity index (χ4v) is 7.92. The molecular formula is C35H68N8O2. The molecule has 0 saturated carbocycles. The Hall–Kier alpha value is -1.75. The fraction of sp³-hybridized carbons (Fsp3) is 0.914. The number of anilines is 3. The first-order chi connectivity index (χ1) is 20.9. The number of nitrogens with zero attached hydrogens (tertiary/aromatic N) is 8. The maximum atomic E-state index is 9.98. The molecule has 2 saturated heterocycles. The molecule has 260 valence electrons. The first kappa shape index (κ1) is 37.7. The number of aromatic nitrogens is 3. The molecule has 0 spiro atoms. The average Bonchev–Trinajstić information content (AvgIpc) is 2.94. The summed E-state index contributed by atoms with van der Waals surface area (Å²) in [6, 6.07) is 0.547. The van der Waals surface area contributed by atoms with Gasteiger partial charge in [0, 0.05) is 60.4 Å². The molecule has 2 fully saturated rings. The number of unbranched alkanes of at least 4 members (excludes halogenated alkanes) is 2. The molecule has 0 aromatic carbocycles. The third-order valence-corrected chi connectivity index (χ3v) is 11.1. The lowest BCUT2D eigenvalue weighted by atomic mass is 9.77. The standard InChI is InChI=1S/C35H68N8O2/c1-13-15-17-42(27-23-32(3,4)39(11)33(5,6)24-27)30-36-29(41(19-21-44)20-22-45)37-31(38-30)43(18-16-14-2)28-25-34(7,8)40(12)35(9,10)26-28/h27-28,44-45H,13-26H2,1-12H3. The smallest absolute Gasteiger partial charge is 0.232 e. The zero-order valence-corrected chi connectivity index (χ0v) is 31.0. The Morgan fingerprint density at radius 1 is 0.578 bits per heavy atom. The average molecular weight is 633 g/mol. The summed E-state index contributed by atoms with van der Waals surface area (Å²) in [5.74, 6) is 1.98. The molecule has 2 aliphatic rings. The SMILES string of the molecule is CCCCN(c1nc(N(CCO)CCO)nc(N(CCCC)C2CC(C)(C)N(C)C(C)(C)C2)n1)C1CC(C)(C)N(C)C(C)(C)C1. The quantitative estimate of drug-likeness (QED) is 0.269. The van der Waals surface area contributed by atoms with E-state index in [1.807, 2.05) is 4.90 Å². The van der Waals surface area contributed by atoms with Crippen LogP contribution in [0.15, 0.2) is 0 Å². The van der Waals surface area contributed by atoms with Gasteiger partial charge in [-0.05, 0) is 108 Å². The molecule has 10 nitrogen and oxygen atoms in total. The van der Waals surface area contributed by atoms with Crippen molar-refractivity contribution in [2.75, 3.05) is 68.2 Å². The van der Waals surface area contributed by atoms with E-state index in [9.17, 15) is 10.2 Å². The molecule has 10 heteroatoms. The van der Waals surface area contributed by atoms with Gasteiger partial charge in [-0.1, -0.05) is 26.7 Å². The summed E-state index contributed by atoms with van der Waals surface area (Å²) < 4.78 is 0. The van der Waals surface area contributed by atoms with Crippen LogP contribution in [0.25, 0.3) is 0 Å². The summed E-state index contributed by atoms with van der Waals surface area (Å²) in [7, 11) is 4.51. The lowest BCUT2D eigenvalue weighted by Crippen LogP contribution is -2.63. The molecule has 0 atom stereocenters. The maximum absolute atomic E-state index is 9.98. The normalized spacial score (nSPS) is 22.0. The highest BCUT2D eigenvalue weighted by atomic mass is 16.3. The van der Waals surface area contributed by atoms with E-state index in [1.54, 1.807) is 0 Å². The Kier molecular flexibility index (Phi) is 12.6. The Morgan fingerprint density at radius 2 is 0.889 bits per heavy atom. The van der Waals surface area contributed by atoms with Crippen molar-refractivity contribution in [3.05, 3.63) is 0 Å². The second-order valence-corrected chi connectivity index (χ2v) is 16.3. The number of rotatable bonds is 15. The molecule has 0 amide bonds. The molecule has 2 N–H and O–H groups in total. The summed E-state index contributed by atoms with van der Waals surface area (Å²) in [5, 5.41) is 20.0. The Morgan fingerprint density at radius 3 is 1.18 bits per heavy atom. The van der Waals surface area contributed by atoms with E-state index in [1.165, 1.54) is 0 Å². The zero-order chi connectivity index (χ0) is 33.8. The summed E-state index contributed by atoms with van der Waals surface area (Å²) >= 11 is 0. The number of hydrogen-bond donors (Lipinski definition) is 2. The van der Waals surface area contributed by atoms with Crippen LogP contribution in [-0.4, -0.2) is 123 Å². The van der Waals surface area contributed by atoms with Crippen LogP contribution < -0.4 is 14.7 Å². The summed E-state index contributed by atoms with van der Waals surface area (Å²) in [6.45, 7) is 25.7. The van der Waals surface area contributed by atoms with E-state index >= 15 is 0 Å². The van der Waals surface area contributed by atoms with Crippen molar-refractivity contribution >= 4 is 17.8 Å². The molecule has 1 aromatic rings. The molecule has 1 aromatic heterocycles. The van der Waals surface area contributed by atoms with Crippen LogP contribution in [-0.2, 0) is 0 Å². The molecule has 45 heavy (non-hydrogen) atoms. The molecule has 3 rings (SSSR count). The number of aliphatic hydroxyl groups is 2. The first-order valence-electron chi connectivity index (χ1n) is 17.7. The van der Waals surface area contributed by atoms with Gasteiger partial charge in [0.05, 0.1) is 13.2 Å². The first-order valence-corrected chi connectivity index (χ1v) is 17.7. The van der Waals surface area contributed by atoms with E-state index < -0.39 is 0 Å². The minimum Gasteiger partial charge on any atom is -0.395 e. The van der Waals surface area contributed by atoms with E-state index in [2.05, 4.69) is 103 Å². The van der Waals surface area contributed by atoms with E-state index in [0.717, 1.165) is 76.4 Å². The summed E-state index contributed by atoms with van der Waals surface area (Å²) in [5.41, 5.74) is 0.0866. The van der Waals surface area contributed by atoms with E-state index in [4.69, 9.17) is 15.0 Å². The van der Waals surface area contributed by atoms with Crippen LogP contribution in [0.1, 0.15) is 121 Å². The van der Waals surface area contributed by atoms with Crippen molar-refractivity contribution in [2.24, 2.45) is 0 Å². The van der Waals surface area contributed by atoms with Gasteiger partial charge in [-0.2, -0.15) is 15.0 Å². The summed E-state index contributed by atoms with van der Waals surface area (Å²) in [4.78, 5) is 27.6. The molecule has 0 aliphatic carbocycles. The predicted octanol–water partition coefficient (Wildman–Crippen LogP) is 5.18. The third kappa shape index (κ3) is 8.79. The third-order valence-electron chi connectivity index (χ3n) is 11.1. The summed E-state index contributed by atoms with van der Waals surface area (Å²) in [6.07, 6.45) is 8.34. The molecule has 0 bridgehead atoms. The second kappa shape index (κ2) is 15.0. The van der Waals surface area contributed by atoms with Gasteiger partial charge in [-0.25, -0.2) is 0 Å². The van der Waals surface area contributed by atoms with Crippen LogP contribution >= 0.6 is 0 Å². The van der Waals surface area contributed by atoms with Crippen molar-refractivity contribution in [1.29, 1.82) is 0 Å². The van der Waals surface area contributed by atoms with Gasteiger partial charge in [-0.15, -0.1) is 0 Å². The predicted molar refractivity (Wildman–Crippen MR) is 189 cm³/mol. The number of aliphatic hydroxyl groups excluding tert-OH is 2. The van der Waals surface area contributed by atoms with Crippen LogP contribution in [0.3, 0.4) is 0 Å². The Labute approximate surface area is 275 Å². The van der Waals surface area contributed by atoms with Gasteiger partial charge >= 0.3 is 0 Å². The van der Waals surface area contributed by atoms with Crippen LogP contribution in [0, 0.1) is 0 Å². The topological polar surface area (TPSA) is 95.3 Å². The van der Waals surface area contributed by atoms with Crippen LogP contribution in [0.4, 0.5) is 17.8 Å². The molecule has 0 radical (unpaired) electrons. The maximum Gasteiger partial charge on any atom is 0.232 e. The lowest BCUT2D eigenvalue weighted by molar-refractivity contribution is -0.0130. The highest BCUT2D eigenvalue weighted by molar-refractivity contribution is 5.48. The highest BCUT2D eigenvalue weighted by Crippen LogP contribution is 2.42. The molecule has 3 heterocycles. The van der Waals surface area contributed by atoms with Gasteiger partial charge in [0.1, 0.15) is 0 Å². The van der Waals surface area contributed by atoms with Crippen LogP contribution in [0.5, 0.6) is 0 Å².